The van der Waals surface area contributed by atoms with E-state index in [9.17, 15) is 0 Å². The number of nitrogens with zero attached hydrogens (tertiary/aromatic N) is 2. The summed E-state index contributed by atoms with van der Waals surface area (Å²) in [6.45, 7) is 7.42. The van der Waals surface area contributed by atoms with E-state index < -0.39 is 0 Å². The normalized spacial score (nSPS) is 25.4. The van der Waals surface area contributed by atoms with Crippen LogP contribution in [0.5, 0.6) is 0 Å². The zero-order valence-corrected chi connectivity index (χ0v) is 11.8. The lowest BCUT2D eigenvalue weighted by Gasteiger charge is -2.46. The second-order valence-electron chi connectivity index (χ2n) is 5.54. The monoisotopic (exact) mass is 247 g/mol. The van der Waals surface area contributed by atoms with Crippen LogP contribution in [0.2, 0.25) is 0 Å². The number of nitrogens with two attached hydrogens (primary N) is 1. The van der Waals surface area contributed by atoms with Crippen LogP contribution in [-0.4, -0.2) is 43.7 Å². The van der Waals surface area contributed by atoms with Gasteiger partial charge in [0, 0.05) is 30.9 Å². The Morgan fingerprint density at radius 3 is 2.50 bits per heavy atom. The second kappa shape index (κ2) is 5.72. The van der Waals surface area contributed by atoms with Crippen molar-refractivity contribution in [2.24, 2.45) is 5.73 Å². The first-order valence-corrected chi connectivity index (χ1v) is 6.85. The Morgan fingerprint density at radius 2 is 1.89 bits per heavy atom. The highest BCUT2D eigenvalue weighted by Crippen LogP contribution is 2.25. The van der Waals surface area contributed by atoms with Crippen LogP contribution in [0.1, 0.15) is 18.9 Å². The summed E-state index contributed by atoms with van der Waals surface area (Å²) >= 11 is 0. The van der Waals surface area contributed by atoms with Gasteiger partial charge in [-0.1, -0.05) is 17.7 Å². The average molecular weight is 247 g/mol. The van der Waals surface area contributed by atoms with E-state index in [2.05, 4.69) is 55.0 Å². The van der Waals surface area contributed by atoms with Gasteiger partial charge in [-0.15, -0.1) is 0 Å². The molecule has 2 N–H and O–H groups in total. The number of likely N-dealkylation sites (N-methyl/N-ethyl adjacent to an activating group) is 1. The summed E-state index contributed by atoms with van der Waals surface area (Å²) in [7, 11) is 2.20. The Bertz CT molecular complexity index is 374. The molecule has 0 spiro atoms. The maximum atomic E-state index is 5.77. The quantitative estimate of drug-likeness (QED) is 0.885. The number of aryl methyl sites for hydroxylation is 1. The van der Waals surface area contributed by atoms with Gasteiger partial charge in [-0.3, -0.25) is 0 Å². The van der Waals surface area contributed by atoms with Crippen LogP contribution in [-0.2, 0) is 0 Å². The lowest BCUT2D eigenvalue weighted by Crippen LogP contribution is -2.57. The van der Waals surface area contributed by atoms with Gasteiger partial charge in [0.25, 0.3) is 0 Å². The molecule has 1 aromatic rings. The molecule has 1 saturated heterocycles. The van der Waals surface area contributed by atoms with Crippen molar-refractivity contribution in [3.05, 3.63) is 29.8 Å². The van der Waals surface area contributed by atoms with E-state index in [-0.39, 0.29) is 0 Å². The minimum Gasteiger partial charge on any atom is -0.363 e. The molecular formula is C15H25N3. The lowest BCUT2D eigenvalue weighted by molar-refractivity contribution is 0.227. The molecule has 1 aliphatic rings. The van der Waals surface area contributed by atoms with Crippen molar-refractivity contribution in [2.45, 2.75) is 32.4 Å². The predicted octanol–water partition coefficient (Wildman–Crippen LogP) is 1.85. The van der Waals surface area contributed by atoms with Crippen LogP contribution in [0, 0.1) is 6.92 Å². The van der Waals surface area contributed by atoms with Crippen molar-refractivity contribution in [2.75, 3.05) is 31.6 Å². The molecule has 2 atom stereocenters. The summed E-state index contributed by atoms with van der Waals surface area (Å²) in [5.41, 5.74) is 8.42. The molecule has 100 valence electrons. The fourth-order valence-electron chi connectivity index (χ4n) is 3.03. The third-order valence-electron chi connectivity index (χ3n) is 3.80. The smallest absolute Gasteiger partial charge is 0.0432 e. The van der Waals surface area contributed by atoms with Crippen molar-refractivity contribution < 1.29 is 0 Å². The molecule has 0 bridgehead atoms. The first-order chi connectivity index (χ1) is 8.61. The van der Waals surface area contributed by atoms with Gasteiger partial charge in [0.05, 0.1) is 0 Å². The molecule has 18 heavy (non-hydrogen) atoms. The molecule has 3 heteroatoms. The van der Waals surface area contributed by atoms with Gasteiger partial charge in [-0.2, -0.15) is 0 Å². The van der Waals surface area contributed by atoms with Gasteiger partial charge in [-0.05, 0) is 46.0 Å². The first kappa shape index (κ1) is 13.4. The van der Waals surface area contributed by atoms with Crippen LogP contribution in [0.25, 0.3) is 0 Å². The summed E-state index contributed by atoms with van der Waals surface area (Å²) in [5.74, 6) is 0. The van der Waals surface area contributed by atoms with E-state index in [1.165, 1.54) is 11.3 Å². The number of hydrogen-bond donors (Lipinski definition) is 1. The molecule has 2 unspecified atom stereocenters. The maximum absolute atomic E-state index is 5.77. The standard InChI is InChI=1S/C15H25N3/c1-12-4-6-14(7-5-12)18-13(2)10-17(3)11-15(18)8-9-16/h4-7,13,15H,8-11,16H2,1-3H3. The fourth-order valence-corrected chi connectivity index (χ4v) is 3.03. The summed E-state index contributed by atoms with van der Waals surface area (Å²) in [4.78, 5) is 4.96. The van der Waals surface area contributed by atoms with Crippen LogP contribution >= 0.6 is 0 Å². The van der Waals surface area contributed by atoms with Crippen molar-refractivity contribution in [3.63, 3.8) is 0 Å². The summed E-state index contributed by atoms with van der Waals surface area (Å²) < 4.78 is 0. The van der Waals surface area contributed by atoms with Crippen molar-refractivity contribution in [3.8, 4) is 0 Å². The minimum atomic E-state index is 0.534. The minimum absolute atomic E-state index is 0.534. The molecule has 3 nitrogen and oxygen atoms in total. The average Bonchev–Trinajstić information content (AvgIpc) is 2.31. The van der Waals surface area contributed by atoms with Crippen molar-refractivity contribution >= 4 is 5.69 Å². The fraction of sp³-hybridized carbons (Fsp3) is 0.600. The largest absolute Gasteiger partial charge is 0.363 e. The molecule has 1 aliphatic heterocycles. The van der Waals surface area contributed by atoms with Gasteiger partial charge in [0.1, 0.15) is 0 Å². The van der Waals surface area contributed by atoms with E-state index in [0.29, 0.717) is 12.1 Å². The molecule has 0 aliphatic carbocycles. The molecule has 0 saturated carbocycles. The van der Waals surface area contributed by atoms with Crippen molar-refractivity contribution in [1.82, 2.24) is 4.90 Å². The van der Waals surface area contributed by atoms with Crippen LogP contribution < -0.4 is 10.6 Å². The van der Waals surface area contributed by atoms with E-state index in [4.69, 9.17) is 5.73 Å². The van der Waals surface area contributed by atoms with Crippen LogP contribution in [0.3, 0.4) is 0 Å². The SMILES string of the molecule is Cc1ccc(N2C(C)CN(C)CC2CCN)cc1. The predicted molar refractivity (Wildman–Crippen MR) is 78.1 cm³/mol. The molecular weight excluding hydrogens is 222 g/mol. The Hall–Kier alpha value is -1.06. The third-order valence-corrected chi connectivity index (χ3v) is 3.80. The molecule has 0 aromatic heterocycles. The topological polar surface area (TPSA) is 32.5 Å². The van der Waals surface area contributed by atoms with Crippen LogP contribution in [0.4, 0.5) is 5.69 Å². The Kier molecular flexibility index (Phi) is 4.25. The van der Waals surface area contributed by atoms with E-state index in [1.54, 1.807) is 0 Å². The highest BCUT2D eigenvalue weighted by Gasteiger charge is 2.29. The Labute approximate surface area is 111 Å². The zero-order chi connectivity index (χ0) is 13.1. The molecule has 1 fully saturated rings. The van der Waals surface area contributed by atoms with Gasteiger partial charge in [-0.25, -0.2) is 0 Å². The summed E-state index contributed by atoms with van der Waals surface area (Å²) in [5, 5.41) is 0. The number of anilines is 1. The number of benzene rings is 1. The van der Waals surface area contributed by atoms with Crippen molar-refractivity contribution in [1.29, 1.82) is 0 Å². The van der Waals surface area contributed by atoms with Crippen LogP contribution in [0.15, 0.2) is 24.3 Å². The highest BCUT2D eigenvalue weighted by atomic mass is 15.3. The molecule has 1 heterocycles. The number of piperazine rings is 1. The third kappa shape index (κ3) is 2.85. The lowest BCUT2D eigenvalue weighted by atomic mass is 10.0. The molecule has 1 aromatic carbocycles. The second-order valence-corrected chi connectivity index (χ2v) is 5.54. The summed E-state index contributed by atoms with van der Waals surface area (Å²) in [6, 6.07) is 9.94. The molecule has 2 rings (SSSR count). The van der Waals surface area contributed by atoms with E-state index in [0.717, 1.165) is 26.1 Å². The highest BCUT2D eigenvalue weighted by molar-refractivity contribution is 5.50. The van der Waals surface area contributed by atoms with Gasteiger partial charge < -0.3 is 15.5 Å². The number of hydrogen-bond acceptors (Lipinski definition) is 3. The maximum Gasteiger partial charge on any atom is 0.0432 e. The molecule has 0 radical (unpaired) electrons. The first-order valence-electron chi connectivity index (χ1n) is 6.85. The van der Waals surface area contributed by atoms with E-state index in [1.807, 2.05) is 0 Å². The Morgan fingerprint density at radius 1 is 1.22 bits per heavy atom. The summed E-state index contributed by atoms with van der Waals surface area (Å²) in [6.07, 6.45) is 1.06. The zero-order valence-electron chi connectivity index (χ0n) is 11.8. The number of rotatable bonds is 3. The molecule has 0 amide bonds. The van der Waals surface area contributed by atoms with Gasteiger partial charge >= 0.3 is 0 Å². The van der Waals surface area contributed by atoms with E-state index >= 15 is 0 Å². The van der Waals surface area contributed by atoms with Gasteiger partial charge in [0.2, 0.25) is 0 Å². The Balaban J connectivity index is 2.23. The van der Waals surface area contributed by atoms with Gasteiger partial charge in [0.15, 0.2) is 0 Å².